The minimum absolute atomic E-state index is 0.0532. The summed E-state index contributed by atoms with van der Waals surface area (Å²) >= 11 is 0. The molecule has 1 unspecified atom stereocenters. The molecular formula is C10H18N2O4. The molecule has 0 aromatic heterocycles. The van der Waals surface area contributed by atoms with Crippen LogP contribution in [0.1, 0.15) is 13.3 Å². The molecule has 92 valence electrons. The van der Waals surface area contributed by atoms with Crippen molar-refractivity contribution in [3.05, 3.63) is 0 Å². The van der Waals surface area contributed by atoms with Gasteiger partial charge in [0.15, 0.2) is 0 Å². The zero-order valence-corrected chi connectivity index (χ0v) is 9.44. The molecule has 1 aliphatic heterocycles. The molecule has 0 bridgehead atoms. The average Bonchev–Trinajstić information content (AvgIpc) is 2.26. The van der Waals surface area contributed by atoms with Crippen LogP contribution in [-0.4, -0.2) is 54.9 Å². The SMILES string of the molecule is CC(CNC(=O)N1CCOCC1)CC(=O)O. The Balaban J connectivity index is 2.20. The van der Waals surface area contributed by atoms with Gasteiger partial charge in [-0.2, -0.15) is 0 Å². The molecule has 1 fully saturated rings. The van der Waals surface area contributed by atoms with E-state index in [1.54, 1.807) is 11.8 Å². The Morgan fingerprint density at radius 2 is 2.06 bits per heavy atom. The zero-order valence-electron chi connectivity index (χ0n) is 9.44. The molecule has 6 heteroatoms. The van der Waals surface area contributed by atoms with Crippen LogP contribution in [0.4, 0.5) is 4.79 Å². The van der Waals surface area contributed by atoms with Gasteiger partial charge in [0.1, 0.15) is 0 Å². The van der Waals surface area contributed by atoms with Crippen LogP contribution < -0.4 is 5.32 Å². The molecule has 1 heterocycles. The van der Waals surface area contributed by atoms with Crippen LogP contribution in [0.15, 0.2) is 0 Å². The van der Waals surface area contributed by atoms with Crippen molar-refractivity contribution >= 4 is 12.0 Å². The Kier molecular flexibility index (Phi) is 5.04. The maximum atomic E-state index is 11.6. The number of urea groups is 1. The topological polar surface area (TPSA) is 78.9 Å². The summed E-state index contributed by atoms with van der Waals surface area (Å²) in [6, 6.07) is -0.138. The van der Waals surface area contributed by atoms with E-state index in [2.05, 4.69) is 5.32 Å². The third kappa shape index (κ3) is 4.48. The third-order valence-electron chi connectivity index (χ3n) is 2.42. The first kappa shape index (κ1) is 12.8. The Morgan fingerprint density at radius 1 is 1.44 bits per heavy atom. The molecule has 2 amide bonds. The summed E-state index contributed by atoms with van der Waals surface area (Å²) < 4.78 is 5.13. The second-order valence-electron chi connectivity index (χ2n) is 3.99. The van der Waals surface area contributed by atoms with Crippen molar-refractivity contribution in [2.24, 2.45) is 5.92 Å². The smallest absolute Gasteiger partial charge is 0.317 e. The van der Waals surface area contributed by atoms with E-state index in [0.717, 1.165) is 0 Å². The summed E-state index contributed by atoms with van der Waals surface area (Å²) in [5.74, 6) is -0.893. The number of rotatable bonds is 4. The summed E-state index contributed by atoms with van der Waals surface area (Å²) in [4.78, 5) is 23.7. The van der Waals surface area contributed by atoms with Crippen molar-refractivity contribution in [2.75, 3.05) is 32.8 Å². The molecule has 1 aliphatic rings. The third-order valence-corrected chi connectivity index (χ3v) is 2.42. The normalized spacial score (nSPS) is 17.9. The van der Waals surface area contributed by atoms with E-state index in [-0.39, 0.29) is 18.4 Å². The van der Waals surface area contributed by atoms with Crippen molar-refractivity contribution < 1.29 is 19.4 Å². The van der Waals surface area contributed by atoms with E-state index in [0.29, 0.717) is 32.8 Å². The summed E-state index contributed by atoms with van der Waals surface area (Å²) in [6.45, 7) is 4.52. The highest BCUT2D eigenvalue weighted by atomic mass is 16.5. The number of hydrogen-bond donors (Lipinski definition) is 2. The van der Waals surface area contributed by atoms with E-state index < -0.39 is 5.97 Å². The predicted octanol–water partition coefficient (Wildman–Crippen LogP) is 0.139. The van der Waals surface area contributed by atoms with Gasteiger partial charge in [-0.1, -0.05) is 6.92 Å². The number of nitrogens with one attached hydrogen (secondary N) is 1. The Bertz CT molecular complexity index is 251. The van der Waals surface area contributed by atoms with E-state index in [1.807, 2.05) is 0 Å². The van der Waals surface area contributed by atoms with Gasteiger partial charge in [0, 0.05) is 26.1 Å². The number of morpholine rings is 1. The Labute approximate surface area is 94.6 Å². The van der Waals surface area contributed by atoms with E-state index >= 15 is 0 Å². The van der Waals surface area contributed by atoms with Crippen molar-refractivity contribution in [3.8, 4) is 0 Å². The molecule has 0 saturated carbocycles. The van der Waals surface area contributed by atoms with Gasteiger partial charge in [-0.05, 0) is 5.92 Å². The van der Waals surface area contributed by atoms with Gasteiger partial charge < -0.3 is 20.1 Å². The van der Waals surface area contributed by atoms with Crippen LogP contribution in [0.3, 0.4) is 0 Å². The maximum absolute atomic E-state index is 11.6. The van der Waals surface area contributed by atoms with Gasteiger partial charge in [0.2, 0.25) is 0 Å². The zero-order chi connectivity index (χ0) is 12.0. The van der Waals surface area contributed by atoms with Crippen LogP contribution in [0.5, 0.6) is 0 Å². The lowest BCUT2D eigenvalue weighted by Gasteiger charge is -2.27. The van der Waals surface area contributed by atoms with Crippen molar-refractivity contribution in [3.63, 3.8) is 0 Å². The number of hydrogen-bond acceptors (Lipinski definition) is 3. The first-order valence-electron chi connectivity index (χ1n) is 5.42. The molecule has 0 aromatic rings. The van der Waals surface area contributed by atoms with Crippen LogP contribution in [-0.2, 0) is 9.53 Å². The molecule has 6 nitrogen and oxygen atoms in total. The lowest BCUT2D eigenvalue weighted by atomic mass is 10.1. The van der Waals surface area contributed by atoms with E-state index in [4.69, 9.17) is 9.84 Å². The minimum atomic E-state index is -0.840. The maximum Gasteiger partial charge on any atom is 0.317 e. The average molecular weight is 230 g/mol. The Morgan fingerprint density at radius 3 is 2.62 bits per heavy atom. The highest BCUT2D eigenvalue weighted by molar-refractivity contribution is 5.74. The lowest BCUT2D eigenvalue weighted by molar-refractivity contribution is -0.137. The quantitative estimate of drug-likeness (QED) is 0.720. The summed E-state index contributed by atoms with van der Waals surface area (Å²) in [5, 5.41) is 11.3. The second-order valence-corrected chi connectivity index (χ2v) is 3.99. The summed E-state index contributed by atoms with van der Waals surface area (Å²) in [5.41, 5.74) is 0. The number of carboxylic acid groups (broad SMARTS) is 1. The van der Waals surface area contributed by atoms with Gasteiger partial charge >= 0.3 is 12.0 Å². The van der Waals surface area contributed by atoms with Crippen molar-refractivity contribution in [2.45, 2.75) is 13.3 Å². The number of carbonyl (C=O) groups excluding carboxylic acids is 1. The van der Waals surface area contributed by atoms with Crippen LogP contribution in [0.25, 0.3) is 0 Å². The van der Waals surface area contributed by atoms with Crippen molar-refractivity contribution in [1.82, 2.24) is 10.2 Å². The summed E-state index contributed by atoms with van der Waals surface area (Å²) in [6.07, 6.45) is 0.0728. The van der Waals surface area contributed by atoms with Gasteiger partial charge in [-0.15, -0.1) is 0 Å². The summed E-state index contributed by atoms with van der Waals surface area (Å²) in [7, 11) is 0. The Hall–Kier alpha value is -1.30. The molecular weight excluding hydrogens is 212 g/mol. The fourth-order valence-electron chi connectivity index (χ4n) is 1.51. The number of amides is 2. The highest BCUT2D eigenvalue weighted by Gasteiger charge is 2.17. The van der Waals surface area contributed by atoms with Crippen LogP contribution in [0.2, 0.25) is 0 Å². The number of carboxylic acids is 1. The van der Waals surface area contributed by atoms with E-state index in [1.165, 1.54) is 0 Å². The number of carbonyl (C=O) groups is 2. The predicted molar refractivity (Wildman–Crippen MR) is 57.2 cm³/mol. The molecule has 0 radical (unpaired) electrons. The molecule has 16 heavy (non-hydrogen) atoms. The first-order chi connectivity index (χ1) is 7.59. The van der Waals surface area contributed by atoms with Crippen LogP contribution >= 0.6 is 0 Å². The molecule has 0 aromatic carbocycles. The minimum Gasteiger partial charge on any atom is -0.481 e. The number of nitrogens with zero attached hydrogens (tertiary/aromatic N) is 1. The second kappa shape index (κ2) is 6.32. The van der Waals surface area contributed by atoms with Gasteiger partial charge in [-0.25, -0.2) is 4.79 Å². The monoisotopic (exact) mass is 230 g/mol. The fourth-order valence-corrected chi connectivity index (χ4v) is 1.51. The number of ether oxygens (including phenoxy) is 1. The van der Waals surface area contributed by atoms with Gasteiger partial charge in [0.25, 0.3) is 0 Å². The van der Waals surface area contributed by atoms with Crippen molar-refractivity contribution in [1.29, 1.82) is 0 Å². The fraction of sp³-hybridized carbons (Fsp3) is 0.800. The first-order valence-corrected chi connectivity index (χ1v) is 5.42. The molecule has 2 N–H and O–H groups in total. The number of aliphatic carboxylic acids is 1. The van der Waals surface area contributed by atoms with Crippen LogP contribution in [0, 0.1) is 5.92 Å². The molecule has 0 spiro atoms. The highest BCUT2D eigenvalue weighted by Crippen LogP contribution is 2.01. The van der Waals surface area contributed by atoms with Gasteiger partial charge in [-0.3, -0.25) is 4.79 Å². The molecule has 1 rings (SSSR count). The standard InChI is InChI=1S/C10H18N2O4/c1-8(6-9(13)14)7-11-10(15)12-2-4-16-5-3-12/h8H,2-7H2,1H3,(H,11,15)(H,13,14). The van der Waals surface area contributed by atoms with Gasteiger partial charge in [0.05, 0.1) is 13.2 Å². The largest absolute Gasteiger partial charge is 0.481 e. The van der Waals surface area contributed by atoms with E-state index in [9.17, 15) is 9.59 Å². The molecule has 0 aliphatic carbocycles. The lowest BCUT2D eigenvalue weighted by Crippen LogP contribution is -2.47. The molecule has 1 saturated heterocycles. The molecule has 1 atom stereocenters.